The molecule has 0 saturated carbocycles. The molecule has 1 amide bonds. The molecule has 0 radical (unpaired) electrons. The first-order valence-corrected chi connectivity index (χ1v) is 9.72. The predicted octanol–water partition coefficient (Wildman–Crippen LogP) is 2.97. The number of benzene rings is 2. The van der Waals surface area contributed by atoms with E-state index in [-0.39, 0.29) is 17.3 Å². The zero-order valence-corrected chi connectivity index (χ0v) is 16.7. The first-order chi connectivity index (χ1) is 13.3. The van der Waals surface area contributed by atoms with Crippen LogP contribution in [0.2, 0.25) is 0 Å². The summed E-state index contributed by atoms with van der Waals surface area (Å²) >= 11 is 5.54. The number of rotatable bonds is 6. The molecule has 0 fully saturated rings. The highest BCUT2D eigenvalue weighted by atomic mass is 35.5. The van der Waals surface area contributed by atoms with Crippen LogP contribution in [-0.2, 0) is 11.2 Å². The Hall–Kier alpha value is -2.28. The average Bonchev–Trinajstić information content (AvgIpc) is 2.66. The Labute approximate surface area is 169 Å². The van der Waals surface area contributed by atoms with Gasteiger partial charge in [-0.1, -0.05) is 30.3 Å². The molecular weight excluding hydrogens is 380 g/mol. The van der Waals surface area contributed by atoms with Gasteiger partial charge < -0.3 is 25.6 Å². The maximum atomic E-state index is 11.6. The van der Waals surface area contributed by atoms with Gasteiger partial charge in [0.1, 0.15) is 29.1 Å². The summed E-state index contributed by atoms with van der Waals surface area (Å²) in [6, 6.07) is 12.7. The molecule has 7 heteroatoms. The minimum Gasteiger partial charge on any atom is -0.506 e. The summed E-state index contributed by atoms with van der Waals surface area (Å²) in [4.78, 5) is 11.6. The summed E-state index contributed by atoms with van der Waals surface area (Å²) < 4.78 is 5.90. The lowest BCUT2D eigenvalue weighted by atomic mass is 9.86. The van der Waals surface area contributed by atoms with Crippen LogP contribution in [0.15, 0.2) is 42.5 Å². The Morgan fingerprint density at radius 1 is 1.25 bits per heavy atom. The summed E-state index contributed by atoms with van der Waals surface area (Å²) in [5.74, 6) is -0.300. The van der Waals surface area contributed by atoms with Gasteiger partial charge in [-0.25, -0.2) is 0 Å². The number of carbonyl (C=O) groups is 1. The molecular formula is C21H25ClN2O4. The van der Waals surface area contributed by atoms with Crippen molar-refractivity contribution in [1.29, 1.82) is 0 Å². The molecule has 2 aromatic carbocycles. The number of hydrogen-bond acceptors (Lipinski definition) is 5. The summed E-state index contributed by atoms with van der Waals surface area (Å²) in [6.07, 6.45) is -0.0221. The number of ether oxygens (including phenoxy) is 1. The number of halogens is 1. The fourth-order valence-corrected chi connectivity index (χ4v) is 3.42. The lowest BCUT2D eigenvalue weighted by molar-refractivity contribution is -0.113. The number of alkyl halides is 1. The molecule has 1 aliphatic rings. The molecule has 2 aromatic rings. The smallest absolute Gasteiger partial charge is 0.239 e. The van der Waals surface area contributed by atoms with Gasteiger partial charge in [-0.3, -0.25) is 4.79 Å². The van der Waals surface area contributed by atoms with Crippen molar-refractivity contribution in [2.24, 2.45) is 0 Å². The SMILES string of the molecule is CC1(C)Oc2cc(O)c(NC(=O)CCl)cc2[C@H](NCCc2ccccc2)[C@H]1O. The van der Waals surface area contributed by atoms with Crippen molar-refractivity contribution in [3.05, 3.63) is 53.6 Å². The number of hydrogen-bond donors (Lipinski definition) is 4. The first kappa shape index (κ1) is 20.5. The second-order valence-corrected chi connectivity index (χ2v) is 7.67. The molecule has 1 aliphatic heterocycles. The molecule has 0 unspecified atom stereocenters. The predicted molar refractivity (Wildman–Crippen MR) is 109 cm³/mol. The molecule has 0 saturated heterocycles. The van der Waals surface area contributed by atoms with Crippen molar-refractivity contribution in [3.63, 3.8) is 0 Å². The molecule has 28 heavy (non-hydrogen) atoms. The van der Waals surface area contributed by atoms with E-state index in [9.17, 15) is 15.0 Å². The van der Waals surface area contributed by atoms with E-state index in [0.29, 0.717) is 17.9 Å². The van der Waals surface area contributed by atoms with Crippen molar-refractivity contribution >= 4 is 23.2 Å². The Morgan fingerprint density at radius 2 is 1.96 bits per heavy atom. The van der Waals surface area contributed by atoms with Crippen LogP contribution in [0.5, 0.6) is 11.5 Å². The zero-order chi connectivity index (χ0) is 20.3. The number of aliphatic hydroxyl groups excluding tert-OH is 1. The highest BCUT2D eigenvalue weighted by Gasteiger charge is 2.43. The summed E-state index contributed by atoms with van der Waals surface area (Å²) in [5.41, 5.74) is 1.25. The number of fused-ring (bicyclic) bond motifs is 1. The largest absolute Gasteiger partial charge is 0.506 e. The van der Waals surface area contributed by atoms with E-state index >= 15 is 0 Å². The third kappa shape index (κ3) is 4.41. The van der Waals surface area contributed by atoms with Gasteiger partial charge in [-0.15, -0.1) is 11.6 Å². The monoisotopic (exact) mass is 404 g/mol. The van der Waals surface area contributed by atoms with Crippen LogP contribution in [0.25, 0.3) is 0 Å². The van der Waals surface area contributed by atoms with Gasteiger partial charge in [0.05, 0.1) is 11.7 Å². The number of phenolic OH excluding ortho intramolecular Hbond substituents is 1. The Balaban J connectivity index is 1.86. The number of phenols is 1. The molecule has 6 nitrogen and oxygen atoms in total. The van der Waals surface area contributed by atoms with E-state index in [4.69, 9.17) is 16.3 Å². The van der Waals surface area contributed by atoms with Crippen LogP contribution in [0, 0.1) is 0 Å². The average molecular weight is 405 g/mol. The summed E-state index contributed by atoms with van der Waals surface area (Å²) in [6.45, 7) is 4.24. The second kappa shape index (κ2) is 8.39. The highest BCUT2D eigenvalue weighted by Crippen LogP contribution is 2.44. The summed E-state index contributed by atoms with van der Waals surface area (Å²) in [5, 5.41) is 27.1. The summed E-state index contributed by atoms with van der Waals surface area (Å²) in [7, 11) is 0. The zero-order valence-electron chi connectivity index (χ0n) is 15.9. The lowest BCUT2D eigenvalue weighted by Crippen LogP contribution is -2.52. The maximum absolute atomic E-state index is 11.6. The lowest BCUT2D eigenvalue weighted by Gasteiger charge is -2.42. The van der Waals surface area contributed by atoms with E-state index in [2.05, 4.69) is 22.8 Å². The van der Waals surface area contributed by atoms with Crippen molar-refractivity contribution < 1.29 is 19.7 Å². The van der Waals surface area contributed by atoms with Crippen LogP contribution >= 0.6 is 11.6 Å². The normalized spacial score (nSPS) is 20.1. The number of carbonyl (C=O) groups excluding carboxylic acids is 1. The maximum Gasteiger partial charge on any atom is 0.239 e. The number of aromatic hydroxyl groups is 1. The van der Waals surface area contributed by atoms with Crippen molar-refractivity contribution in [3.8, 4) is 11.5 Å². The van der Waals surface area contributed by atoms with E-state index in [1.165, 1.54) is 11.6 Å². The Bertz CT molecular complexity index is 842. The van der Waals surface area contributed by atoms with Crippen molar-refractivity contribution in [1.82, 2.24) is 5.32 Å². The topological polar surface area (TPSA) is 90.8 Å². The minimum absolute atomic E-state index is 0.118. The number of anilines is 1. The molecule has 3 rings (SSSR count). The van der Waals surface area contributed by atoms with E-state index < -0.39 is 23.7 Å². The fraction of sp³-hybridized carbons (Fsp3) is 0.381. The third-order valence-electron chi connectivity index (χ3n) is 4.88. The molecule has 0 aromatic heterocycles. The Morgan fingerprint density at radius 3 is 2.64 bits per heavy atom. The molecule has 2 atom stereocenters. The van der Waals surface area contributed by atoms with Crippen LogP contribution in [0.3, 0.4) is 0 Å². The van der Waals surface area contributed by atoms with E-state index in [1.807, 2.05) is 18.2 Å². The molecule has 4 N–H and O–H groups in total. The van der Waals surface area contributed by atoms with E-state index in [1.54, 1.807) is 19.9 Å². The minimum atomic E-state index is -0.843. The molecule has 0 spiro atoms. The van der Waals surface area contributed by atoms with Crippen LogP contribution in [0.4, 0.5) is 5.69 Å². The molecule has 0 aliphatic carbocycles. The van der Waals surface area contributed by atoms with Gasteiger partial charge >= 0.3 is 0 Å². The van der Waals surface area contributed by atoms with Crippen LogP contribution in [-0.4, -0.2) is 40.3 Å². The van der Waals surface area contributed by atoms with Crippen molar-refractivity contribution in [2.45, 2.75) is 38.0 Å². The second-order valence-electron chi connectivity index (χ2n) is 7.41. The van der Waals surface area contributed by atoms with Gasteiger partial charge in [0.2, 0.25) is 5.91 Å². The molecule has 150 valence electrons. The standard InChI is InChI=1S/C21H25ClN2O4/c1-21(2)20(27)19(23-9-8-13-6-4-3-5-7-13)14-10-15(24-18(26)12-22)16(25)11-17(14)28-21/h3-7,10-11,19-20,23,25,27H,8-9,12H2,1-2H3,(H,24,26)/t19-,20+/m0/s1. The van der Waals surface area contributed by atoms with Gasteiger partial charge in [-0.2, -0.15) is 0 Å². The number of amides is 1. The van der Waals surface area contributed by atoms with Gasteiger partial charge in [0, 0.05) is 11.6 Å². The van der Waals surface area contributed by atoms with E-state index in [0.717, 1.165) is 6.42 Å². The quantitative estimate of drug-likeness (QED) is 0.439. The Kier molecular flexibility index (Phi) is 6.13. The number of aliphatic hydroxyl groups is 1. The fourth-order valence-electron chi connectivity index (χ4n) is 3.35. The van der Waals surface area contributed by atoms with Gasteiger partial charge in [0.15, 0.2) is 0 Å². The van der Waals surface area contributed by atoms with Crippen LogP contribution in [0.1, 0.15) is 31.0 Å². The third-order valence-corrected chi connectivity index (χ3v) is 5.12. The van der Waals surface area contributed by atoms with Gasteiger partial charge in [0.25, 0.3) is 0 Å². The van der Waals surface area contributed by atoms with Gasteiger partial charge in [-0.05, 0) is 38.4 Å². The van der Waals surface area contributed by atoms with Crippen LogP contribution < -0.4 is 15.4 Å². The highest BCUT2D eigenvalue weighted by molar-refractivity contribution is 6.29. The number of nitrogens with one attached hydrogen (secondary N) is 2. The molecule has 1 heterocycles. The van der Waals surface area contributed by atoms with Crippen molar-refractivity contribution in [2.75, 3.05) is 17.7 Å². The first-order valence-electron chi connectivity index (χ1n) is 9.19. The molecule has 0 bridgehead atoms.